The molecule has 0 saturated carbocycles. The summed E-state index contributed by atoms with van der Waals surface area (Å²) in [5.41, 5.74) is 6.91. The van der Waals surface area contributed by atoms with Gasteiger partial charge in [-0.1, -0.05) is 37.3 Å². The minimum absolute atomic E-state index is 0.0121. The Balaban J connectivity index is 2.29. The van der Waals surface area contributed by atoms with Gasteiger partial charge in [-0.15, -0.1) is 0 Å². The van der Waals surface area contributed by atoms with Gasteiger partial charge in [-0.2, -0.15) is 0 Å². The summed E-state index contributed by atoms with van der Waals surface area (Å²) >= 11 is 4.94. The molecule has 1 unspecified atom stereocenters. The van der Waals surface area contributed by atoms with E-state index in [9.17, 15) is 4.79 Å². The minimum atomic E-state index is -0.0719. The number of thiocarbonyl (C=S) groups is 1. The van der Waals surface area contributed by atoms with Crippen molar-refractivity contribution < 1.29 is 4.79 Å². The number of amides is 1. The molecule has 0 spiro atoms. The van der Waals surface area contributed by atoms with Gasteiger partial charge in [0.05, 0.1) is 16.1 Å². The molecule has 1 aromatic carbocycles. The van der Waals surface area contributed by atoms with E-state index in [-0.39, 0.29) is 11.8 Å². The van der Waals surface area contributed by atoms with Crippen molar-refractivity contribution in [1.29, 1.82) is 0 Å². The van der Waals surface area contributed by atoms with E-state index in [0.29, 0.717) is 17.1 Å². The predicted molar refractivity (Wildman–Crippen MR) is 84.7 cm³/mol. The van der Waals surface area contributed by atoms with Crippen LogP contribution in [0.3, 0.4) is 0 Å². The lowest BCUT2D eigenvalue weighted by molar-refractivity contribution is 0.0788. The fourth-order valence-electron chi connectivity index (χ4n) is 2.07. The summed E-state index contributed by atoms with van der Waals surface area (Å²) in [5.74, 6) is -0.0840. The summed E-state index contributed by atoms with van der Waals surface area (Å²) in [4.78, 5) is 18.9. The molecule has 20 heavy (non-hydrogen) atoms. The maximum Gasteiger partial charge on any atom is 0.255 e. The molecule has 2 N–H and O–H groups in total. The zero-order valence-corrected chi connectivity index (χ0v) is 12.4. The smallest absolute Gasteiger partial charge is 0.255 e. The number of carbonyl (C=O) groups excluding carboxylic acids is 1. The van der Waals surface area contributed by atoms with Gasteiger partial charge >= 0.3 is 0 Å². The predicted octanol–water partition coefficient (Wildman–Crippen LogP) is 2.23. The Morgan fingerprint density at radius 1 is 1.40 bits per heavy atom. The SMILES string of the molecule is CC(CN(C)C(=O)c1cccc2cccnc12)C(N)=S. The van der Waals surface area contributed by atoms with E-state index in [1.54, 1.807) is 24.2 Å². The van der Waals surface area contributed by atoms with Crippen molar-refractivity contribution in [3.05, 3.63) is 42.1 Å². The average molecular weight is 287 g/mol. The summed E-state index contributed by atoms with van der Waals surface area (Å²) in [6.45, 7) is 2.41. The van der Waals surface area contributed by atoms with Crippen LogP contribution in [-0.4, -0.2) is 34.4 Å². The molecule has 0 aliphatic carbocycles. The first-order chi connectivity index (χ1) is 9.50. The fourth-order valence-corrected chi connectivity index (χ4v) is 2.14. The van der Waals surface area contributed by atoms with Crippen LogP contribution >= 0.6 is 12.2 Å². The molecule has 2 rings (SSSR count). The van der Waals surface area contributed by atoms with E-state index >= 15 is 0 Å². The van der Waals surface area contributed by atoms with Crippen LogP contribution in [0.1, 0.15) is 17.3 Å². The monoisotopic (exact) mass is 287 g/mol. The van der Waals surface area contributed by atoms with Crippen LogP contribution in [-0.2, 0) is 0 Å². The molecule has 0 aliphatic rings. The Bertz CT molecular complexity index is 651. The Kier molecular flexibility index (Phi) is 4.29. The first-order valence-electron chi connectivity index (χ1n) is 6.39. The molecule has 1 atom stereocenters. The van der Waals surface area contributed by atoms with E-state index in [1.165, 1.54) is 0 Å². The van der Waals surface area contributed by atoms with Gasteiger partial charge in [0.25, 0.3) is 5.91 Å². The molecule has 1 amide bonds. The van der Waals surface area contributed by atoms with Crippen LogP contribution in [0.2, 0.25) is 0 Å². The molecule has 4 nitrogen and oxygen atoms in total. The van der Waals surface area contributed by atoms with Crippen molar-refractivity contribution in [3.8, 4) is 0 Å². The lowest BCUT2D eigenvalue weighted by Crippen LogP contribution is -2.35. The maximum absolute atomic E-state index is 12.5. The number of rotatable bonds is 4. The first-order valence-corrected chi connectivity index (χ1v) is 6.80. The van der Waals surface area contributed by atoms with E-state index in [0.717, 1.165) is 10.9 Å². The number of fused-ring (bicyclic) bond motifs is 1. The molecular weight excluding hydrogens is 270 g/mol. The summed E-state index contributed by atoms with van der Waals surface area (Å²) in [7, 11) is 1.75. The van der Waals surface area contributed by atoms with Crippen molar-refractivity contribution in [2.45, 2.75) is 6.92 Å². The third-order valence-electron chi connectivity index (χ3n) is 3.24. The van der Waals surface area contributed by atoms with Crippen LogP contribution in [0.25, 0.3) is 10.9 Å². The highest BCUT2D eigenvalue weighted by molar-refractivity contribution is 7.80. The minimum Gasteiger partial charge on any atom is -0.393 e. The number of aromatic nitrogens is 1. The van der Waals surface area contributed by atoms with Crippen LogP contribution in [0.4, 0.5) is 0 Å². The van der Waals surface area contributed by atoms with E-state index in [2.05, 4.69) is 4.98 Å². The van der Waals surface area contributed by atoms with Gasteiger partial charge in [0.2, 0.25) is 0 Å². The summed E-state index contributed by atoms with van der Waals surface area (Å²) in [6, 6.07) is 9.39. The molecule has 0 radical (unpaired) electrons. The topological polar surface area (TPSA) is 59.2 Å². The Morgan fingerprint density at radius 3 is 2.80 bits per heavy atom. The van der Waals surface area contributed by atoms with Crippen molar-refractivity contribution >= 4 is 34.0 Å². The Hall–Kier alpha value is -2.01. The number of hydrogen-bond acceptors (Lipinski definition) is 3. The van der Waals surface area contributed by atoms with Gasteiger partial charge in [-0.05, 0) is 12.1 Å². The number of pyridine rings is 1. The third kappa shape index (κ3) is 2.93. The number of nitrogens with zero attached hydrogens (tertiary/aromatic N) is 2. The largest absolute Gasteiger partial charge is 0.393 e. The first kappa shape index (κ1) is 14.4. The van der Waals surface area contributed by atoms with Crippen molar-refractivity contribution in [3.63, 3.8) is 0 Å². The number of para-hydroxylation sites is 1. The molecule has 104 valence electrons. The summed E-state index contributed by atoms with van der Waals surface area (Å²) < 4.78 is 0. The zero-order valence-electron chi connectivity index (χ0n) is 11.5. The number of benzene rings is 1. The van der Waals surface area contributed by atoms with E-state index in [4.69, 9.17) is 18.0 Å². The molecule has 2 aromatic rings. The van der Waals surface area contributed by atoms with Gasteiger partial charge in [0.1, 0.15) is 0 Å². The Morgan fingerprint density at radius 2 is 2.10 bits per heavy atom. The van der Waals surface area contributed by atoms with E-state index in [1.807, 2.05) is 31.2 Å². The van der Waals surface area contributed by atoms with Gasteiger partial charge in [-0.3, -0.25) is 9.78 Å². The van der Waals surface area contributed by atoms with Gasteiger partial charge in [0, 0.05) is 31.1 Å². The second kappa shape index (κ2) is 5.96. The molecule has 0 saturated heterocycles. The third-order valence-corrected chi connectivity index (χ3v) is 3.65. The highest BCUT2D eigenvalue weighted by atomic mass is 32.1. The van der Waals surface area contributed by atoms with E-state index < -0.39 is 0 Å². The highest BCUT2D eigenvalue weighted by Gasteiger charge is 2.18. The van der Waals surface area contributed by atoms with Crippen LogP contribution in [0, 0.1) is 5.92 Å². The van der Waals surface area contributed by atoms with Gasteiger partial charge < -0.3 is 10.6 Å². The van der Waals surface area contributed by atoms with Crippen molar-refractivity contribution in [2.75, 3.05) is 13.6 Å². The second-order valence-electron chi connectivity index (χ2n) is 4.87. The number of hydrogen-bond donors (Lipinski definition) is 1. The summed E-state index contributed by atoms with van der Waals surface area (Å²) in [5, 5.41) is 0.953. The fraction of sp³-hybridized carbons (Fsp3) is 0.267. The lowest BCUT2D eigenvalue weighted by Gasteiger charge is -2.21. The van der Waals surface area contributed by atoms with Crippen molar-refractivity contribution in [1.82, 2.24) is 9.88 Å². The Labute approximate surface area is 123 Å². The molecule has 0 bridgehead atoms. The second-order valence-corrected chi connectivity index (χ2v) is 5.34. The highest BCUT2D eigenvalue weighted by Crippen LogP contribution is 2.17. The molecule has 0 fully saturated rings. The van der Waals surface area contributed by atoms with Crippen LogP contribution in [0.5, 0.6) is 0 Å². The standard InChI is InChI=1S/C15H17N3OS/c1-10(14(16)20)9-18(2)15(19)12-7-3-5-11-6-4-8-17-13(11)12/h3-8,10H,9H2,1-2H3,(H2,16,20). The normalized spacial score (nSPS) is 12.1. The molecule has 0 aliphatic heterocycles. The van der Waals surface area contributed by atoms with Crippen molar-refractivity contribution in [2.24, 2.45) is 11.7 Å². The molecule has 5 heteroatoms. The average Bonchev–Trinajstić information content (AvgIpc) is 2.45. The summed E-state index contributed by atoms with van der Waals surface area (Å²) in [6.07, 6.45) is 1.69. The quantitative estimate of drug-likeness (QED) is 0.876. The lowest BCUT2D eigenvalue weighted by atomic mass is 10.1. The molecular formula is C15H17N3OS. The zero-order chi connectivity index (χ0) is 14.7. The van der Waals surface area contributed by atoms with Crippen LogP contribution < -0.4 is 5.73 Å². The number of nitrogens with two attached hydrogens (primary N) is 1. The van der Waals surface area contributed by atoms with Crippen LogP contribution in [0.15, 0.2) is 36.5 Å². The number of carbonyl (C=O) groups is 1. The van der Waals surface area contributed by atoms with Gasteiger partial charge in [0.15, 0.2) is 0 Å². The molecule has 1 heterocycles. The van der Waals surface area contributed by atoms with Gasteiger partial charge in [-0.25, -0.2) is 0 Å². The molecule has 1 aromatic heterocycles. The maximum atomic E-state index is 12.5.